The van der Waals surface area contributed by atoms with Gasteiger partial charge in [-0.15, -0.1) is 0 Å². The van der Waals surface area contributed by atoms with Gasteiger partial charge >= 0.3 is 0 Å². The summed E-state index contributed by atoms with van der Waals surface area (Å²) in [5, 5.41) is 0. The molecule has 0 unspecified atom stereocenters. The van der Waals surface area contributed by atoms with Crippen molar-refractivity contribution in [1.82, 2.24) is 19.8 Å². The van der Waals surface area contributed by atoms with Gasteiger partial charge in [0.05, 0.1) is 0 Å². The van der Waals surface area contributed by atoms with Crippen molar-refractivity contribution in [2.45, 2.75) is 40.2 Å². The molecule has 0 radical (unpaired) electrons. The van der Waals surface area contributed by atoms with Crippen LogP contribution in [0.25, 0.3) is 11.4 Å². The van der Waals surface area contributed by atoms with E-state index >= 15 is 0 Å². The first kappa shape index (κ1) is 19.5. The van der Waals surface area contributed by atoms with Crippen molar-refractivity contribution >= 4 is 5.91 Å². The van der Waals surface area contributed by atoms with E-state index in [0.717, 1.165) is 49.7 Å². The number of amides is 1. The number of benzene rings is 1. The fourth-order valence-corrected chi connectivity index (χ4v) is 3.29. The predicted molar refractivity (Wildman–Crippen MR) is 108 cm³/mol. The number of hydrogen-bond acceptors (Lipinski definition) is 4. The summed E-state index contributed by atoms with van der Waals surface area (Å²) < 4.78 is 0. The smallest absolute Gasteiger partial charge is 0.225 e. The Kier molecular flexibility index (Phi) is 6.22. The lowest BCUT2D eigenvalue weighted by molar-refractivity contribution is -0.136. The summed E-state index contributed by atoms with van der Waals surface area (Å²) in [5.74, 6) is 1.56. The Morgan fingerprint density at radius 2 is 1.56 bits per heavy atom. The minimum absolute atomic E-state index is 0.0842. The number of carbonyl (C=O) groups excluding carboxylic acids is 1. The van der Waals surface area contributed by atoms with Crippen LogP contribution in [0.4, 0.5) is 0 Å². The second-order valence-electron chi connectivity index (χ2n) is 7.95. The van der Waals surface area contributed by atoms with Gasteiger partial charge in [-0.25, -0.2) is 9.97 Å². The van der Waals surface area contributed by atoms with Crippen LogP contribution < -0.4 is 0 Å². The zero-order chi connectivity index (χ0) is 19.4. The maximum absolute atomic E-state index is 12.1. The second kappa shape index (κ2) is 8.61. The van der Waals surface area contributed by atoms with E-state index in [0.29, 0.717) is 5.92 Å². The number of carbonyl (C=O) groups is 1. The maximum Gasteiger partial charge on any atom is 0.225 e. The van der Waals surface area contributed by atoms with Crippen LogP contribution in [0.3, 0.4) is 0 Å². The first-order valence-corrected chi connectivity index (χ1v) is 9.86. The normalized spacial score (nSPS) is 15.6. The van der Waals surface area contributed by atoms with Gasteiger partial charge in [-0.05, 0) is 17.0 Å². The van der Waals surface area contributed by atoms with E-state index in [-0.39, 0.29) is 11.8 Å². The number of rotatable bonds is 5. The number of piperazine rings is 1. The highest BCUT2D eigenvalue weighted by Crippen LogP contribution is 2.19. The lowest BCUT2D eigenvalue weighted by Gasteiger charge is -2.35. The highest BCUT2D eigenvalue weighted by Gasteiger charge is 2.22. The Morgan fingerprint density at radius 3 is 2.07 bits per heavy atom. The van der Waals surface area contributed by atoms with E-state index in [4.69, 9.17) is 0 Å². The quantitative estimate of drug-likeness (QED) is 0.812. The molecular formula is C22H30N4O. The van der Waals surface area contributed by atoms with Crippen molar-refractivity contribution in [2.24, 2.45) is 5.92 Å². The van der Waals surface area contributed by atoms with Gasteiger partial charge in [0.1, 0.15) is 0 Å². The standard InChI is InChI=1S/C22H30N4O/c1-16(2)20-13-23-21(24-14-20)19-7-5-18(6-8-19)15-25-9-11-26(12-10-25)22(27)17(3)4/h5-8,13-14,16-17H,9-12,15H2,1-4H3. The van der Waals surface area contributed by atoms with E-state index in [2.05, 4.69) is 53.0 Å². The van der Waals surface area contributed by atoms with E-state index in [9.17, 15) is 4.79 Å². The molecule has 1 saturated heterocycles. The molecule has 1 fully saturated rings. The fourth-order valence-electron chi connectivity index (χ4n) is 3.29. The maximum atomic E-state index is 12.1. The third kappa shape index (κ3) is 4.92. The van der Waals surface area contributed by atoms with Gasteiger partial charge in [0.2, 0.25) is 5.91 Å². The molecular weight excluding hydrogens is 336 g/mol. The predicted octanol–water partition coefficient (Wildman–Crippen LogP) is 3.57. The van der Waals surface area contributed by atoms with Crippen molar-refractivity contribution < 1.29 is 4.79 Å². The molecule has 0 atom stereocenters. The molecule has 0 N–H and O–H groups in total. The third-order valence-corrected chi connectivity index (χ3v) is 5.13. The van der Waals surface area contributed by atoms with E-state index in [1.807, 2.05) is 31.1 Å². The molecule has 0 bridgehead atoms. The summed E-state index contributed by atoms with van der Waals surface area (Å²) in [6.45, 7) is 12.7. The van der Waals surface area contributed by atoms with E-state index in [1.54, 1.807) is 0 Å². The van der Waals surface area contributed by atoms with Gasteiger partial charge in [0, 0.05) is 56.6 Å². The molecule has 1 amide bonds. The SMILES string of the molecule is CC(C)C(=O)N1CCN(Cc2ccc(-c3ncc(C(C)C)cn3)cc2)CC1. The molecule has 1 aromatic heterocycles. The average molecular weight is 367 g/mol. The van der Waals surface area contributed by atoms with Crippen LogP contribution in [0.5, 0.6) is 0 Å². The van der Waals surface area contributed by atoms with Gasteiger partial charge in [-0.3, -0.25) is 9.69 Å². The Hall–Kier alpha value is -2.27. The topological polar surface area (TPSA) is 49.3 Å². The van der Waals surface area contributed by atoms with Gasteiger partial charge < -0.3 is 4.90 Å². The molecule has 5 nitrogen and oxygen atoms in total. The molecule has 1 aliphatic heterocycles. The van der Waals surface area contributed by atoms with Gasteiger partial charge in [-0.1, -0.05) is 52.0 Å². The fraction of sp³-hybridized carbons (Fsp3) is 0.500. The average Bonchev–Trinajstić information content (AvgIpc) is 2.68. The molecule has 3 rings (SSSR count). The monoisotopic (exact) mass is 366 g/mol. The van der Waals surface area contributed by atoms with Crippen LogP contribution >= 0.6 is 0 Å². The minimum atomic E-state index is 0.0842. The zero-order valence-corrected chi connectivity index (χ0v) is 16.9. The third-order valence-electron chi connectivity index (χ3n) is 5.13. The number of aromatic nitrogens is 2. The van der Waals surface area contributed by atoms with E-state index in [1.165, 1.54) is 5.56 Å². The Balaban J connectivity index is 1.56. The molecule has 1 aliphatic rings. The highest BCUT2D eigenvalue weighted by atomic mass is 16.2. The first-order chi connectivity index (χ1) is 12.9. The molecule has 2 aromatic rings. The van der Waals surface area contributed by atoms with Crippen LogP contribution in [0.2, 0.25) is 0 Å². The Labute approximate surface area is 162 Å². The van der Waals surface area contributed by atoms with Gasteiger partial charge in [0.25, 0.3) is 0 Å². The number of nitrogens with zero attached hydrogens (tertiary/aromatic N) is 4. The highest BCUT2D eigenvalue weighted by molar-refractivity contribution is 5.78. The van der Waals surface area contributed by atoms with Gasteiger partial charge in [0.15, 0.2) is 5.82 Å². The van der Waals surface area contributed by atoms with Crippen LogP contribution in [0.1, 0.15) is 44.7 Å². The molecule has 2 heterocycles. The minimum Gasteiger partial charge on any atom is -0.340 e. The molecule has 0 aliphatic carbocycles. The van der Waals surface area contributed by atoms with E-state index < -0.39 is 0 Å². The summed E-state index contributed by atoms with van der Waals surface area (Å²) in [6.07, 6.45) is 3.83. The summed E-state index contributed by atoms with van der Waals surface area (Å²) in [5.41, 5.74) is 3.48. The van der Waals surface area contributed by atoms with Crippen LogP contribution in [-0.2, 0) is 11.3 Å². The molecule has 1 aromatic carbocycles. The van der Waals surface area contributed by atoms with Crippen molar-refractivity contribution in [3.05, 3.63) is 47.8 Å². The summed E-state index contributed by atoms with van der Waals surface area (Å²) in [6, 6.07) is 8.50. The Bertz CT molecular complexity index is 745. The summed E-state index contributed by atoms with van der Waals surface area (Å²) >= 11 is 0. The van der Waals surface area contributed by atoms with Crippen molar-refractivity contribution in [3.8, 4) is 11.4 Å². The summed E-state index contributed by atoms with van der Waals surface area (Å²) in [7, 11) is 0. The van der Waals surface area contributed by atoms with Crippen LogP contribution in [0, 0.1) is 5.92 Å². The second-order valence-corrected chi connectivity index (χ2v) is 7.95. The largest absolute Gasteiger partial charge is 0.340 e. The Morgan fingerprint density at radius 1 is 0.963 bits per heavy atom. The van der Waals surface area contributed by atoms with Crippen molar-refractivity contribution in [3.63, 3.8) is 0 Å². The molecule has 144 valence electrons. The number of hydrogen-bond donors (Lipinski definition) is 0. The molecule has 0 saturated carbocycles. The van der Waals surface area contributed by atoms with Crippen molar-refractivity contribution in [1.29, 1.82) is 0 Å². The summed E-state index contributed by atoms with van der Waals surface area (Å²) in [4.78, 5) is 25.5. The van der Waals surface area contributed by atoms with Crippen LogP contribution in [0.15, 0.2) is 36.7 Å². The molecule has 27 heavy (non-hydrogen) atoms. The zero-order valence-electron chi connectivity index (χ0n) is 16.9. The molecule has 5 heteroatoms. The van der Waals surface area contributed by atoms with Crippen LogP contribution in [-0.4, -0.2) is 51.9 Å². The first-order valence-electron chi connectivity index (χ1n) is 9.86. The lowest BCUT2D eigenvalue weighted by Crippen LogP contribution is -2.49. The molecule has 0 spiro atoms. The van der Waals surface area contributed by atoms with Crippen molar-refractivity contribution in [2.75, 3.05) is 26.2 Å². The van der Waals surface area contributed by atoms with Gasteiger partial charge in [-0.2, -0.15) is 0 Å². The lowest BCUT2D eigenvalue weighted by atomic mass is 10.1.